The minimum absolute atomic E-state index is 0.0783. The molecular weight excluding hydrogens is 356 g/mol. The first-order valence-electron chi connectivity index (χ1n) is 7.10. The zero-order valence-corrected chi connectivity index (χ0v) is 15.1. The first-order valence-corrected chi connectivity index (χ1v) is 9.85. The van der Waals surface area contributed by atoms with E-state index in [1.54, 1.807) is 23.5 Å². The fourth-order valence-electron chi connectivity index (χ4n) is 2.02. The van der Waals surface area contributed by atoms with Crippen molar-refractivity contribution in [3.05, 3.63) is 45.6 Å². The molecule has 126 valence electrons. The van der Waals surface area contributed by atoms with Crippen LogP contribution in [-0.2, 0) is 16.6 Å². The molecule has 2 rings (SSSR count). The highest BCUT2D eigenvalue weighted by molar-refractivity contribution is 7.89. The first-order chi connectivity index (χ1) is 10.9. The molecule has 0 amide bonds. The Kier molecular flexibility index (Phi) is 6.43. The molecule has 0 saturated heterocycles. The Morgan fingerprint density at radius 2 is 1.91 bits per heavy atom. The normalized spacial score (nSPS) is 11.8. The van der Waals surface area contributed by atoms with E-state index in [-0.39, 0.29) is 4.90 Å². The van der Waals surface area contributed by atoms with E-state index in [9.17, 15) is 8.42 Å². The van der Waals surface area contributed by atoms with Crippen molar-refractivity contribution in [1.29, 1.82) is 0 Å². The SMILES string of the molecule is CCN(CCOc1ccc(S(N)(=O)=O)cc1)Cc1ccc(Cl)s1. The van der Waals surface area contributed by atoms with Gasteiger partial charge in [-0.05, 0) is 42.9 Å². The van der Waals surface area contributed by atoms with Crippen LogP contribution in [0.15, 0.2) is 41.3 Å². The molecule has 2 N–H and O–H groups in total. The van der Waals surface area contributed by atoms with Crippen molar-refractivity contribution in [3.63, 3.8) is 0 Å². The molecule has 23 heavy (non-hydrogen) atoms. The van der Waals surface area contributed by atoms with Crippen LogP contribution in [0.5, 0.6) is 5.75 Å². The maximum atomic E-state index is 11.2. The number of thiophene rings is 1. The van der Waals surface area contributed by atoms with Crippen LogP contribution in [0.3, 0.4) is 0 Å². The standard InChI is InChI=1S/C15H19ClN2O3S2/c1-2-18(11-13-5-8-15(16)22-13)9-10-21-12-3-6-14(7-4-12)23(17,19)20/h3-8H,2,9-11H2,1H3,(H2,17,19,20). The summed E-state index contributed by atoms with van der Waals surface area (Å²) < 4.78 is 28.8. The van der Waals surface area contributed by atoms with Gasteiger partial charge in [-0.1, -0.05) is 18.5 Å². The van der Waals surface area contributed by atoms with Crippen LogP contribution in [-0.4, -0.2) is 33.0 Å². The van der Waals surface area contributed by atoms with E-state index in [0.717, 1.165) is 24.0 Å². The summed E-state index contributed by atoms with van der Waals surface area (Å²) in [5, 5.41) is 5.06. The van der Waals surface area contributed by atoms with Gasteiger partial charge < -0.3 is 4.74 Å². The van der Waals surface area contributed by atoms with Gasteiger partial charge in [-0.3, -0.25) is 4.90 Å². The van der Waals surface area contributed by atoms with Gasteiger partial charge in [0.25, 0.3) is 0 Å². The molecule has 0 radical (unpaired) electrons. The van der Waals surface area contributed by atoms with Crippen LogP contribution in [0.4, 0.5) is 0 Å². The molecule has 0 spiro atoms. The highest BCUT2D eigenvalue weighted by atomic mass is 35.5. The quantitative estimate of drug-likeness (QED) is 0.771. The summed E-state index contributed by atoms with van der Waals surface area (Å²) in [6, 6.07) is 10.0. The topological polar surface area (TPSA) is 72.6 Å². The summed E-state index contributed by atoms with van der Waals surface area (Å²) in [4.78, 5) is 3.55. The summed E-state index contributed by atoms with van der Waals surface area (Å²) in [6.07, 6.45) is 0. The van der Waals surface area contributed by atoms with Gasteiger partial charge in [0.1, 0.15) is 12.4 Å². The van der Waals surface area contributed by atoms with Gasteiger partial charge in [-0.2, -0.15) is 0 Å². The molecule has 0 fully saturated rings. The zero-order valence-electron chi connectivity index (χ0n) is 12.7. The van der Waals surface area contributed by atoms with E-state index >= 15 is 0 Å². The van der Waals surface area contributed by atoms with E-state index in [4.69, 9.17) is 21.5 Å². The van der Waals surface area contributed by atoms with Crippen molar-refractivity contribution >= 4 is 33.0 Å². The Hall–Kier alpha value is -1.12. The lowest BCUT2D eigenvalue weighted by molar-refractivity contribution is 0.211. The van der Waals surface area contributed by atoms with Crippen molar-refractivity contribution in [2.24, 2.45) is 5.14 Å². The molecule has 1 aromatic heterocycles. The predicted molar refractivity (Wildman–Crippen MR) is 93.6 cm³/mol. The van der Waals surface area contributed by atoms with E-state index < -0.39 is 10.0 Å². The third-order valence-corrected chi connectivity index (χ3v) is 5.43. The molecule has 0 saturated carbocycles. The minimum atomic E-state index is -3.66. The monoisotopic (exact) mass is 374 g/mol. The average Bonchev–Trinajstić information content (AvgIpc) is 2.91. The number of halogens is 1. The van der Waals surface area contributed by atoms with Gasteiger partial charge in [-0.15, -0.1) is 11.3 Å². The van der Waals surface area contributed by atoms with E-state index in [2.05, 4.69) is 11.8 Å². The number of likely N-dealkylation sites (N-methyl/N-ethyl adjacent to an activating group) is 1. The number of nitrogens with two attached hydrogens (primary N) is 1. The summed E-state index contributed by atoms with van der Waals surface area (Å²) in [6.45, 7) is 5.12. The van der Waals surface area contributed by atoms with Crippen LogP contribution in [0.2, 0.25) is 4.34 Å². The van der Waals surface area contributed by atoms with Crippen LogP contribution in [0, 0.1) is 0 Å². The number of benzene rings is 1. The summed E-state index contributed by atoms with van der Waals surface area (Å²) in [7, 11) is -3.66. The molecule has 0 atom stereocenters. The highest BCUT2D eigenvalue weighted by Crippen LogP contribution is 2.22. The number of hydrogen-bond donors (Lipinski definition) is 1. The minimum Gasteiger partial charge on any atom is -0.492 e. The second-order valence-electron chi connectivity index (χ2n) is 4.94. The van der Waals surface area contributed by atoms with E-state index in [1.165, 1.54) is 17.0 Å². The maximum Gasteiger partial charge on any atom is 0.238 e. The number of primary sulfonamides is 1. The molecule has 0 aliphatic rings. The van der Waals surface area contributed by atoms with Gasteiger partial charge in [0.05, 0.1) is 9.23 Å². The van der Waals surface area contributed by atoms with Gasteiger partial charge in [0.2, 0.25) is 10.0 Å². The van der Waals surface area contributed by atoms with Crippen LogP contribution in [0.1, 0.15) is 11.8 Å². The number of ether oxygens (including phenoxy) is 1. The third-order valence-electron chi connectivity index (χ3n) is 3.28. The predicted octanol–water partition coefficient (Wildman–Crippen LogP) is 2.95. The Balaban J connectivity index is 1.83. The lowest BCUT2D eigenvalue weighted by atomic mass is 10.3. The Morgan fingerprint density at radius 1 is 1.22 bits per heavy atom. The zero-order chi connectivity index (χ0) is 16.9. The van der Waals surface area contributed by atoms with Gasteiger partial charge in [-0.25, -0.2) is 13.6 Å². The van der Waals surface area contributed by atoms with Crippen molar-refractivity contribution in [2.75, 3.05) is 19.7 Å². The van der Waals surface area contributed by atoms with E-state index in [1.807, 2.05) is 12.1 Å². The lowest BCUT2D eigenvalue weighted by Gasteiger charge is -2.19. The van der Waals surface area contributed by atoms with Gasteiger partial charge in [0, 0.05) is 18.0 Å². The Bertz CT molecular complexity index is 729. The molecule has 1 aromatic carbocycles. The van der Waals surface area contributed by atoms with Gasteiger partial charge >= 0.3 is 0 Å². The summed E-state index contributed by atoms with van der Waals surface area (Å²) >= 11 is 7.52. The number of rotatable bonds is 8. The Labute approximate surface area is 145 Å². The molecule has 0 unspecified atom stereocenters. The lowest BCUT2D eigenvalue weighted by Crippen LogP contribution is -2.27. The van der Waals surface area contributed by atoms with Crippen molar-refractivity contribution in [2.45, 2.75) is 18.4 Å². The summed E-state index contributed by atoms with van der Waals surface area (Å²) in [5.41, 5.74) is 0. The smallest absolute Gasteiger partial charge is 0.238 e. The second-order valence-corrected chi connectivity index (χ2v) is 8.30. The number of sulfonamides is 1. The van der Waals surface area contributed by atoms with Crippen LogP contribution in [0.25, 0.3) is 0 Å². The fraction of sp³-hybridized carbons (Fsp3) is 0.333. The molecular formula is C15H19ClN2O3S2. The fourth-order valence-corrected chi connectivity index (χ4v) is 3.67. The molecule has 0 aliphatic heterocycles. The van der Waals surface area contributed by atoms with E-state index in [0.29, 0.717) is 12.4 Å². The largest absolute Gasteiger partial charge is 0.492 e. The van der Waals surface area contributed by atoms with Crippen LogP contribution < -0.4 is 9.88 Å². The average molecular weight is 375 g/mol. The number of hydrogen-bond acceptors (Lipinski definition) is 5. The highest BCUT2D eigenvalue weighted by Gasteiger charge is 2.08. The molecule has 0 aliphatic carbocycles. The van der Waals surface area contributed by atoms with Crippen molar-refractivity contribution < 1.29 is 13.2 Å². The van der Waals surface area contributed by atoms with Gasteiger partial charge in [0.15, 0.2) is 0 Å². The van der Waals surface area contributed by atoms with Crippen LogP contribution >= 0.6 is 22.9 Å². The third kappa shape index (κ3) is 5.78. The Morgan fingerprint density at radius 3 is 2.43 bits per heavy atom. The molecule has 2 aromatic rings. The van der Waals surface area contributed by atoms with Crippen molar-refractivity contribution in [3.8, 4) is 5.75 Å². The first kappa shape index (κ1) is 18.2. The summed E-state index contributed by atoms with van der Waals surface area (Å²) in [5.74, 6) is 0.618. The van der Waals surface area contributed by atoms with Crippen molar-refractivity contribution in [1.82, 2.24) is 4.90 Å². The molecule has 0 bridgehead atoms. The molecule has 1 heterocycles. The molecule has 8 heteroatoms. The maximum absolute atomic E-state index is 11.2. The molecule has 5 nitrogen and oxygen atoms in total. The number of nitrogens with zero attached hydrogens (tertiary/aromatic N) is 1. The second kappa shape index (κ2) is 8.12.